The van der Waals surface area contributed by atoms with Gasteiger partial charge in [0.25, 0.3) is 0 Å². The van der Waals surface area contributed by atoms with E-state index in [0.717, 1.165) is 24.9 Å². The Hall–Kier alpha value is -0.0800. The maximum absolute atomic E-state index is 6.43. The predicted molar refractivity (Wildman–Crippen MR) is 69.4 cm³/mol. The molecule has 0 spiro atoms. The summed E-state index contributed by atoms with van der Waals surface area (Å²) in [6, 6.07) is 0. The standard InChI is InChI=1S/C14H29NO/c1-11(2)13-5-7-14(15,8-6-13)9-10-16-12(3)4/h11-13H,5-10,15H2,1-4H3. The van der Waals surface area contributed by atoms with Crippen LogP contribution >= 0.6 is 0 Å². The molecule has 0 aromatic heterocycles. The third-order valence-electron chi connectivity index (χ3n) is 4.02. The average molecular weight is 227 g/mol. The molecule has 2 heteroatoms. The molecule has 0 aromatic rings. The molecule has 16 heavy (non-hydrogen) atoms. The summed E-state index contributed by atoms with van der Waals surface area (Å²) in [4.78, 5) is 0. The van der Waals surface area contributed by atoms with E-state index in [9.17, 15) is 0 Å². The molecule has 2 N–H and O–H groups in total. The lowest BCUT2D eigenvalue weighted by molar-refractivity contribution is 0.0548. The monoisotopic (exact) mass is 227 g/mol. The van der Waals surface area contributed by atoms with Crippen molar-refractivity contribution in [2.75, 3.05) is 6.61 Å². The molecule has 0 saturated heterocycles. The van der Waals surface area contributed by atoms with Crippen LogP contribution in [0.3, 0.4) is 0 Å². The van der Waals surface area contributed by atoms with Gasteiger partial charge in [0.2, 0.25) is 0 Å². The normalized spacial score (nSPS) is 31.3. The van der Waals surface area contributed by atoms with Crippen molar-refractivity contribution in [2.24, 2.45) is 17.6 Å². The molecule has 0 atom stereocenters. The Morgan fingerprint density at radius 1 is 1.19 bits per heavy atom. The minimum atomic E-state index is 0.0558. The second kappa shape index (κ2) is 6.02. The van der Waals surface area contributed by atoms with Crippen LogP contribution in [-0.4, -0.2) is 18.2 Å². The van der Waals surface area contributed by atoms with Crippen molar-refractivity contribution in [2.45, 2.75) is 71.4 Å². The van der Waals surface area contributed by atoms with Gasteiger partial charge in [-0.1, -0.05) is 13.8 Å². The van der Waals surface area contributed by atoms with Crippen LogP contribution in [0.5, 0.6) is 0 Å². The Morgan fingerprint density at radius 2 is 1.75 bits per heavy atom. The highest BCUT2D eigenvalue weighted by Crippen LogP contribution is 2.36. The van der Waals surface area contributed by atoms with Gasteiger partial charge in [0.1, 0.15) is 0 Å². The summed E-state index contributed by atoms with van der Waals surface area (Å²) in [6.07, 6.45) is 6.31. The van der Waals surface area contributed by atoms with E-state index in [2.05, 4.69) is 27.7 Å². The van der Waals surface area contributed by atoms with Crippen LogP contribution in [-0.2, 0) is 4.74 Å². The lowest BCUT2D eigenvalue weighted by Gasteiger charge is -2.38. The van der Waals surface area contributed by atoms with Crippen molar-refractivity contribution < 1.29 is 4.74 Å². The van der Waals surface area contributed by atoms with E-state index in [0.29, 0.717) is 6.10 Å². The van der Waals surface area contributed by atoms with E-state index < -0.39 is 0 Å². The quantitative estimate of drug-likeness (QED) is 0.781. The van der Waals surface area contributed by atoms with Gasteiger partial charge in [-0.15, -0.1) is 0 Å². The molecular weight excluding hydrogens is 198 g/mol. The van der Waals surface area contributed by atoms with Crippen LogP contribution in [0.2, 0.25) is 0 Å². The van der Waals surface area contributed by atoms with E-state index in [-0.39, 0.29) is 5.54 Å². The fourth-order valence-electron chi connectivity index (χ4n) is 2.63. The fourth-order valence-corrected chi connectivity index (χ4v) is 2.63. The third-order valence-corrected chi connectivity index (χ3v) is 4.02. The van der Waals surface area contributed by atoms with Crippen molar-refractivity contribution in [3.05, 3.63) is 0 Å². The molecule has 1 rings (SSSR count). The van der Waals surface area contributed by atoms with Crippen LogP contribution in [0.25, 0.3) is 0 Å². The van der Waals surface area contributed by atoms with Crippen molar-refractivity contribution in [3.8, 4) is 0 Å². The van der Waals surface area contributed by atoms with Gasteiger partial charge in [0.05, 0.1) is 6.10 Å². The van der Waals surface area contributed by atoms with Gasteiger partial charge in [0, 0.05) is 12.1 Å². The van der Waals surface area contributed by atoms with Gasteiger partial charge in [-0.3, -0.25) is 0 Å². The topological polar surface area (TPSA) is 35.2 Å². The second-order valence-electron chi connectivity index (χ2n) is 6.11. The number of nitrogens with two attached hydrogens (primary N) is 1. The predicted octanol–water partition coefficient (Wildman–Crippen LogP) is 3.35. The Bertz CT molecular complexity index is 187. The molecule has 0 aliphatic heterocycles. The molecule has 1 fully saturated rings. The lowest BCUT2D eigenvalue weighted by atomic mass is 9.72. The van der Waals surface area contributed by atoms with Crippen LogP contribution in [0.4, 0.5) is 0 Å². The maximum atomic E-state index is 6.43. The molecule has 0 amide bonds. The molecule has 96 valence electrons. The fraction of sp³-hybridized carbons (Fsp3) is 1.00. The highest BCUT2D eigenvalue weighted by molar-refractivity contribution is 4.90. The Balaban J connectivity index is 2.27. The summed E-state index contributed by atoms with van der Waals surface area (Å²) in [5, 5.41) is 0. The van der Waals surface area contributed by atoms with Crippen molar-refractivity contribution in [1.82, 2.24) is 0 Å². The van der Waals surface area contributed by atoms with E-state index >= 15 is 0 Å². The Kier molecular flexibility index (Phi) is 5.26. The largest absolute Gasteiger partial charge is 0.379 e. The number of rotatable bonds is 5. The first-order chi connectivity index (χ1) is 7.43. The summed E-state index contributed by atoms with van der Waals surface area (Å²) in [5.41, 5.74) is 6.48. The summed E-state index contributed by atoms with van der Waals surface area (Å²) >= 11 is 0. The summed E-state index contributed by atoms with van der Waals surface area (Å²) < 4.78 is 5.60. The number of hydrogen-bond donors (Lipinski definition) is 1. The second-order valence-corrected chi connectivity index (χ2v) is 6.11. The SMILES string of the molecule is CC(C)OCCC1(N)CCC(C(C)C)CC1. The van der Waals surface area contributed by atoms with Gasteiger partial charge in [-0.2, -0.15) is 0 Å². The number of hydrogen-bond acceptors (Lipinski definition) is 2. The molecule has 0 radical (unpaired) electrons. The van der Waals surface area contributed by atoms with Gasteiger partial charge < -0.3 is 10.5 Å². The van der Waals surface area contributed by atoms with E-state index in [4.69, 9.17) is 10.5 Å². The Morgan fingerprint density at radius 3 is 2.19 bits per heavy atom. The van der Waals surface area contributed by atoms with Crippen LogP contribution < -0.4 is 5.73 Å². The minimum absolute atomic E-state index is 0.0558. The minimum Gasteiger partial charge on any atom is -0.379 e. The molecule has 1 saturated carbocycles. The van der Waals surface area contributed by atoms with E-state index in [1.54, 1.807) is 0 Å². The lowest BCUT2D eigenvalue weighted by Crippen LogP contribution is -2.45. The highest BCUT2D eigenvalue weighted by atomic mass is 16.5. The molecule has 0 unspecified atom stereocenters. The Labute approximate surface area is 101 Å². The van der Waals surface area contributed by atoms with Gasteiger partial charge >= 0.3 is 0 Å². The number of ether oxygens (including phenoxy) is 1. The molecule has 2 nitrogen and oxygen atoms in total. The zero-order valence-electron chi connectivity index (χ0n) is 11.5. The van der Waals surface area contributed by atoms with Crippen molar-refractivity contribution in [3.63, 3.8) is 0 Å². The van der Waals surface area contributed by atoms with E-state index in [1.165, 1.54) is 25.7 Å². The molecule has 1 aliphatic carbocycles. The molecule has 0 heterocycles. The molecule has 0 aromatic carbocycles. The average Bonchev–Trinajstić information content (AvgIpc) is 2.17. The van der Waals surface area contributed by atoms with Crippen LogP contribution in [0.15, 0.2) is 0 Å². The summed E-state index contributed by atoms with van der Waals surface area (Å²) in [5.74, 6) is 1.71. The van der Waals surface area contributed by atoms with E-state index in [1.807, 2.05) is 0 Å². The smallest absolute Gasteiger partial charge is 0.0518 e. The molecule has 0 bridgehead atoms. The zero-order chi connectivity index (χ0) is 12.2. The first kappa shape index (κ1) is 14.0. The highest BCUT2D eigenvalue weighted by Gasteiger charge is 2.32. The van der Waals surface area contributed by atoms with Crippen molar-refractivity contribution in [1.29, 1.82) is 0 Å². The van der Waals surface area contributed by atoms with Gasteiger partial charge in [-0.25, -0.2) is 0 Å². The van der Waals surface area contributed by atoms with Gasteiger partial charge in [0.15, 0.2) is 0 Å². The maximum Gasteiger partial charge on any atom is 0.0518 e. The van der Waals surface area contributed by atoms with Crippen LogP contribution in [0, 0.1) is 11.8 Å². The first-order valence-corrected chi connectivity index (χ1v) is 6.83. The molecular formula is C14H29NO. The van der Waals surface area contributed by atoms with Gasteiger partial charge in [-0.05, 0) is 57.8 Å². The third kappa shape index (κ3) is 4.42. The summed E-state index contributed by atoms with van der Waals surface area (Å²) in [6.45, 7) is 9.64. The van der Waals surface area contributed by atoms with Crippen molar-refractivity contribution >= 4 is 0 Å². The molecule has 1 aliphatic rings. The van der Waals surface area contributed by atoms with Crippen LogP contribution in [0.1, 0.15) is 59.8 Å². The zero-order valence-corrected chi connectivity index (χ0v) is 11.5. The summed E-state index contributed by atoms with van der Waals surface area (Å²) in [7, 11) is 0. The first-order valence-electron chi connectivity index (χ1n) is 6.83.